The van der Waals surface area contributed by atoms with Crippen molar-refractivity contribution in [1.82, 2.24) is 15.5 Å². The molecule has 1 rings (SSSR count). The first-order valence-electron chi connectivity index (χ1n) is 5.63. The number of aromatic nitrogens is 2. The number of amides is 1. The Bertz CT molecular complexity index is 400. The minimum absolute atomic E-state index is 0.0376. The van der Waals surface area contributed by atoms with Crippen molar-refractivity contribution in [2.75, 3.05) is 6.54 Å². The van der Waals surface area contributed by atoms with Crippen molar-refractivity contribution in [3.05, 3.63) is 12.2 Å². The fraction of sp³-hybridized carbons (Fsp3) is 0.636. The summed E-state index contributed by atoms with van der Waals surface area (Å²) in [6.07, 6.45) is 1.89. The third-order valence-corrected chi connectivity index (χ3v) is 2.34. The minimum Gasteiger partial charge on any atom is -0.481 e. The van der Waals surface area contributed by atoms with Crippen LogP contribution in [-0.4, -0.2) is 33.7 Å². The first kappa shape index (κ1) is 14.1. The van der Waals surface area contributed by atoms with Gasteiger partial charge in [-0.15, -0.1) is 0 Å². The molecule has 0 radical (unpaired) electrons. The lowest BCUT2D eigenvalue weighted by Gasteiger charge is -2.21. The molecule has 0 aliphatic heterocycles. The van der Waals surface area contributed by atoms with Crippen LogP contribution in [0.5, 0.6) is 0 Å². The molecular weight excluding hydrogens is 238 g/mol. The summed E-state index contributed by atoms with van der Waals surface area (Å²) < 4.78 is 4.78. The zero-order chi connectivity index (χ0) is 13.6. The predicted molar refractivity (Wildman–Crippen MR) is 61.7 cm³/mol. The third kappa shape index (κ3) is 5.42. The van der Waals surface area contributed by atoms with Crippen molar-refractivity contribution in [3.8, 4) is 0 Å². The number of hydrogen-bond donors (Lipinski definition) is 2. The van der Waals surface area contributed by atoms with Crippen molar-refractivity contribution in [3.63, 3.8) is 0 Å². The summed E-state index contributed by atoms with van der Waals surface area (Å²) in [6, 6.07) is 0. The predicted octanol–water partition coefficient (Wildman–Crippen LogP) is 0.619. The van der Waals surface area contributed by atoms with E-state index >= 15 is 0 Å². The highest BCUT2D eigenvalue weighted by molar-refractivity contribution is 5.77. The summed E-state index contributed by atoms with van der Waals surface area (Å²) in [7, 11) is 0. The maximum absolute atomic E-state index is 11.6. The Morgan fingerprint density at radius 2 is 2.17 bits per heavy atom. The van der Waals surface area contributed by atoms with Crippen LogP contribution >= 0.6 is 0 Å². The van der Waals surface area contributed by atoms with Gasteiger partial charge in [0.25, 0.3) is 0 Å². The lowest BCUT2D eigenvalue weighted by atomic mass is 9.85. The van der Waals surface area contributed by atoms with Gasteiger partial charge in [0.15, 0.2) is 6.33 Å². The zero-order valence-electron chi connectivity index (χ0n) is 10.5. The number of nitrogens with one attached hydrogen (secondary N) is 1. The second-order valence-electron chi connectivity index (χ2n) is 4.85. The van der Waals surface area contributed by atoms with E-state index in [9.17, 15) is 9.59 Å². The molecule has 0 fully saturated rings. The third-order valence-electron chi connectivity index (χ3n) is 2.34. The second kappa shape index (κ2) is 6.13. The first-order valence-corrected chi connectivity index (χ1v) is 5.63. The van der Waals surface area contributed by atoms with Crippen LogP contribution in [-0.2, 0) is 16.0 Å². The number of carboxylic acids is 1. The van der Waals surface area contributed by atoms with Gasteiger partial charge in [0.05, 0.1) is 6.42 Å². The molecule has 1 aromatic heterocycles. The Balaban J connectivity index is 2.26. The molecule has 7 heteroatoms. The van der Waals surface area contributed by atoms with E-state index in [4.69, 9.17) is 9.63 Å². The quantitative estimate of drug-likeness (QED) is 0.739. The number of nitrogens with zero attached hydrogens (tertiary/aromatic N) is 2. The van der Waals surface area contributed by atoms with Crippen molar-refractivity contribution < 1.29 is 19.2 Å². The maximum atomic E-state index is 11.6. The molecule has 1 aromatic rings. The highest BCUT2D eigenvalue weighted by atomic mass is 16.5. The van der Waals surface area contributed by atoms with Crippen molar-refractivity contribution >= 4 is 11.9 Å². The van der Waals surface area contributed by atoms with Crippen LogP contribution in [0, 0.1) is 5.41 Å². The normalized spacial score (nSPS) is 11.2. The molecule has 0 saturated heterocycles. The van der Waals surface area contributed by atoms with Gasteiger partial charge in [0.2, 0.25) is 11.8 Å². The second-order valence-corrected chi connectivity index (χ2v) is 4.85. The Morgan fingerprint density at radius 1 is 1.44 bits per heavy atom. The smallest absolute Gasteiger partial charge is 0.303 e. The monoisotopic (exact) mass is 255 g/mol. The summed E-state index contributed by atoms with van der Waals surface area (Å²) in [5.41, 5.74) is -0.555. The number of rotatable bonds is 7. The lowest BCUT2D eigenvalue weighted by Crippen LogP contribution is -2.31. The minimum atomic E-state index is -0.904. The Labute approximate surface area is 105 Å². The summed E-state index contributed by atoms with van der Waals surface area (Å²) in [5.74, 6) is -0.625. The molecule has 0 spiro atoms. The van der Waals surface area contributed by atoms with Gasteiger partial charge in [-0.1, -0.05) is 19.0 Å². The molecule has 0 aromatic carbocycles. The SMILES string of the molecule is CC(C)(CC(=O)O)CC(=O)NCCc1ncno1. The van der Waals surface area contributed by atoms with Crippen LogP contribution in [0.3, 0.4) is 0 Å². The largest absolute Gasteiger partial charge is 0.481 e. The molecule has 0 aliphatic rings. The van der Waals surface area contributed by atoms with Gasteiger partial charge in [-0.25, -0.2) is 0 Å². The van der Waals surface area contributed by atoms with Gasteiger partial charge in [-0.2, -0.15) is 4.98 Å². The van der Waals surface area contributed by atoms with Crippen molar-refractivity contribution in [2.24, 2.45) is 5.41 Å². The Hall–Kier alpha value is -1.92. The highest BCUT2D eigenvalue weighted by Gasteiger charge is 2.24. The molecule has 0 bridgehead atoms. The van der Waals surface area contributed by atoms with E-state index in [0.29, 0.717) is 18.9 Å². The first-order chi connectivity index (χ1) is 8.39. The number of carbonyl (C=O) groups is 2. The molecule has 0 unspecified atom stereocenters. The Kier molecular flexibility index (Phi) is 4.82. The molecule has 100 valence electrons. The molecule has 1 amide bonds. The van der Waals surface area contributed by atoms with E-state index in [1.165, 1.54) is 6.33 Å². The summed E-state index contributed by atoms with van der Waals surface area (Å²) >= 11 is 0. The van der Waals surface area contributed by atoms with Gasteiger partial charge in [-0.3, -0.25) is 9.59 Å². The van der Waals surface area contributed by atoms with Crippen LogP contribution in [0.4, 0.5) is 0 Å². The lowest BCUT2D eigenvalue weighted by molar-refractivity contribution is -0.139. The standard InChI is InChI=1S/C11H17N3O4/c1-11(2,6-10(16)17)5-8(15)12-4-3-9-13-7-14-18-9/h7H,3-6H2,1-2H3,(H,12,15)(H,16,17). The zero-order valence-corrected chi connectivity index (χ0v) is 10.5. The average molecular weight is 255 g/mol. The van der Waals surface area contributed by atoms with Gasteiger partial charge in [0, 0.05) is 19.4 Å². The summed E-state index contributed by atoms with van der Waals surface area (Å²) in [6.45, 7) is 3.89. The fourth-order valence-electron chi connectivity index (χ4n) is 1.58. The summed E-state index contributed by atoms with van der Waals surface area (Å²) in [4.78, 5) is 26.0. The van der Waals surface area contributed by atoms with Gasteiger partial charge >= 0.3 is 5.97 Å². The molecule has 1 heterocycles. The van der Waals surface area contributed by atoms with E-state index < -0.39 is 11.4 Å². The Morgan fingerprint density at radius 3 is 2.72 bits per heavy atom. The van der Waals surface area contributed by atoms with Crippen LogP contribution in [0.1, 0.15) is 32.6 Å². The van der Waals surface area contributed by atoms with E-state index in [2.05, 4.69) is 15.5 Å². The fourth-order valence-corrected chi connectivity index (χ4v) is 1.58. The van der Waals surface area contributed by atoms with Gasteiger partial charge in [-0.05, 0) is 5.41 Å². The van der Waals surface area contributed by atoms with Crippen LogP contribution in [0.25, 0.3) is 0 Å². The molecular formula is C11H17N3O4. The number of aliphatic carboxylic acids is 1. The molecule has 18 heavy (non-hydrogen) atoms. The highest BCUT2D eigenvalue weighted by Crippen LogP contribution is 2.24. The molecule has 0 aliphatic carbocycles. The van der Waals surface area contributed by atoms with Gasteiger partial charge in [0.1, 0.15) is 0 Å². The van der Waals surface area contributed by atoms with Crippen molar-refractivity contribution in [2.45, 2.75) is 33.1 Å². The molecule has 0 atom stereocenters. The number of carboxylic acid groups (broad SMARTS) is 1. The van der Waals surface area contributed by atoms with E-state index in [0.717, 1.165) is 0 Å². The molecule has 2 N–H and O–H groups in total. The number of carbonyl (C=O) groups excluding carboxylic acids is 1. The summed E-state index contributed by atoms with van der Waals surface area (Å²) in [5, 5.41) is 14.8. The topological polar surface area (TPSA) is 105 Å². The van der Waals surface area contributed by atoms with E-state index in [1.54, 1.807) is 13.8 Å². The average Bonchev–Trinajstić information content (AvgIpc) is 2.66. The van der Waals surface area contributed by atoms with E-state index in [-0.39, 0.29) is 18.7 Å². The van der Waals surface area contributed by atoms with Crippen LogP contribution < -0.4 is 5.32 Å². The van der Waals surface area contributed by atoms with Gasteiger partial charge < -0.3 is 14.9 Å². The number of hydrogen-bond acceptors (Lipinski definition) is 5. The van der Waals surface area contributed by atoms with Crippen LogP contribution in [0.2, 0.25) is 0 Å². The maximum Gasteiger partial charge on any atom is 0.303 e. The van der Waals surface area contributed by atoms with Crippen LogP contribution in [0.15, 0.2) is 10.9 Å². The molecule has 7 nitrogen and oxygen atoms in total. The van der Waals surface area contributed by atoms with E-state index in [1.807, 2.05) is 0 Å². The molecule has 0 saturated carbocycles. The van der Waals surface area contributed by atoms with Crippen molar-refractivity contribution in [1.29, 1.82) is 0 Å².